The number of benzene rings is 4. The first-order chi connectivity index (χ1) is 24.0. The summed E-state index contributed by atoms with van der Waals surface area (Å²) in [5.74, 6) is -3.53. The highest BCUT2D eigenvalue weighted by Gasteiger charge is 2.22. The zero-order chi connectivity index (χ0) is 35.6. The highest BCUT2D eigenvalue weighted by Crippen LogP contribution is 2.31. The van der Waals surface area contributed by atoms with Gasteiger partial charge in [0, 0.05) is 49.9 Å². The minimum atomic E-state index is -0.971. The summed E-state index contributed by atoms with van der Waals surface area (Å²) in [4.78, 5) is 24.5. The zero-order valence-corrected chi connectivity index (χ0v) is 27.1. The Kier molecular flexibility index (Phi) is 12.2. The molecule has 50 heavy (non-hydrogen) atoms. The summed E-state index contributed by atoms with van der Waals surface area (Å²) in [6.45, 7) is 1.29. The van der Waals surface area contributed by atoms with Crippen molar-refractivity contribution in [3.8, 4) is 34.5 Å². The van der Waals surface area contributed by atoms with Crippen molar-refractivity contribution in [2.24, 2.45) is 0 Å². The van der Waals surface area contributed by atoms with Crippen molar-refractivity contribution < 1.29 is 57.7 Å². The van der Waals surface area contributed by atoms with E-state index in [9.17, 15) is 28.6 Å². The van der Waals surface area contributed by atoms with Crippen LogP contribution in [0.1, 0.15) is 70.4 Å². The van der Waals surface area contributed by atoms with E-state index in [1.54, 1.807) is 24.3 Å². The fourth-order valence-corrected chi connectivity index (χ4v) is 5.53. The van der Waals surface area contributed by atoms with Gasteiger partial charge in [0.1, 0.15) is 46.1 Å². The van der Waals surface area contributed by atoms with E-state index in [1.165, 1.54) is 30.3 Å². The van der Waals surface area contributed by atoms with Crippen LogP contribution in [0.4, 0.5) is 8.78 Å². The van der Waals surface area contributed by atoms with Gasteiger partial charge in [-0.15, -0.1) is 0 Å². The minimum Gasteiger partial charge on any atom is -0.508 e. The first kappa shape index (κ1) is 36.1. The predicted molar refractivity (Wildman–Crippen MR) is 177 cm³/mol. The van der Waals surface area contributed by atoms with Crippen LogP contribution in [-0.4, -0.2) is 57.8 Å². The molecule has 12 heteroatoms. The van der Waals surface area contributed by atoms with Crippen molar-refractivity contribution >= 4 is 11.6 Å². The van der Waals surface area contributed by atoms with Crippen LogP contribution in [0.25, 0.3) is 0 Å². The van der Waals surface area contributed by atoms with Gasteiger partial charge in [-0.3, -0.25) is 9.59 Å². The van der Waals surface area contributed by atoms with Gasteiger partial charge in [0.15, 0.2) is 24.1 Å². The number of halogens is 2. The molecule has 4 N–H and O–H groups in total. The molecule has 10 nitrogen and oxygen atoms in total. The van der Waals surface area contributed by atoms with Crippen molar-refractivity contribution in [1.82, 2.24) is 0 Å². The van der Waals surface area contributed by atoms with Crippen molar-refractivity contribution in [1.29, 1.82) is 0 Å². The Morgan fingerprint density at radius 3 is 1.56 bits per heavy atom. The normalized spacial score (nSPS) is 17.2. The third-order valence-corrected chi connectivity index (χ3v) is 8.05. The molecule has 0 aliphatic carbocycles. The van der Waals surface area contributed by atoms with Crippen LogP contribution in [0.2, 0.25) is 0 Å². The van der Waals surface area contributed by atoms with Gasteiger partial charge >= 0.3 is 0 Å². The molecule has 0 radical (unpaired) electrons. The molecule has 0 saturated carbocycles. The van der Waals surface area contributed by atoms with E-state index in [2.05, 4.69) is 0 Å². The first-order valence-electron chi connectivity index (χ1n) is 16.3. The summed E-state index contributed by atoms with van der Waals surface area (Å²) in [5.41, 5.74) is 0.477. The number of phenols is 4. The molecule has 2 aliphatic heterocycles. The van der Waals surface area contributed by atoms with Crippen LogP contribution >= 0.6 is 0 Å². The van der Waals surface area contributed by atoms with E-state index in [0.717, 1.165) is 50.3 Å². The highest BCUT2D eigenvalue weighted by molar-refractivity contribution is 6.01. The van der Waals surface area contributed by atoms with Crippen LogP contribution in [0, 0.1) is 11.6 Å². The molecule has 0 bridgehead atoms. The molecule has 2 aliphatic rings. The highest BCUT2D eigenvalue weighted by atomic mass is 19.1. The molecule has 2 saturated heterocycles. The summed E-state index contributed by atoms with van der Waals surface area (Å²) >= 11 is 0. The fourth-order valence-electron chi connectivity index (χ4n) is 5.53. The molecule has 2 atom stereocenters. The van der Waals surface area contributed by atoms with Crippen LogP contribution in [0.3, 0.4) is 0 Å². The number of Topliss-reactive ketones (excluding diaryl/α,β-unsaturated/α-hetero) is 2. The number of rotatable bonds is 10. The smallest absolute Gasteiger partial charge is 0.199 e. The topological polar surface area (TPSA) is 152 Å². The van der Waals surface area contributed by atoms with Gasteiger partial charge in [-0.05, 0) is 61.1 Å². The lowest BCUT2D eigenvalue weighted by Gasteiger charge is -2.23. The van der Waals surface area contributed by atoms with Gasteiger partial charge in [-0.1, -0.05) is 24.3 Å². The molecule has 4 aromatic rings. The molecule has 2 unspecified atom stereocenters. The molecule has 0 amide bonds. The predicted octanol–water partition coefficient (Wildman–Crippen LogP) is 7.14. The zero-order valence-electron chi connectivity index (χ0n) is 27.1. The molecule has 2 fully saturated rings. The first-order valence-corrected chi connectivity index (χ1v) is 16.3. The van der Waals surface area contributed by atoms with E-state index < -0.39 is 52.3 Å². The lowest BCUT2D eigenvalue weighted by molar-refractivity contribution is -0.106. The fraction of sp³-hybridized carbons (Fsp3) is 0.316. The Bertz CT molecular complexity index is 1720. The average molecular weight is 693 g/mol. The van der Waals surface area contributed by atoms with Crippen molar-refractivity contribution in [3.05, 3.63) is 107 Å². The van der Waals surface area contributed by atoms with Crippen molar-refractivity contribution in [2.75, 3.05) is 13.2 Å². The number of aromatic hydroxyl groups is 4. The number of ether oxygens (including phenoxy) is 4. The van der Waals surface area contributed by atoms with Gasteiger partial charge < -0.3 is 39.4 Å². The molecule has 0 spiro atoms. The van der Waals surface area contributed by atoms with Gasteiger partial charge in [0.25, 0.3) is 0 Å². The maximum absolute atomic E-state index is 14.6. The van der Waals surface area contributed by atoms with Crippen LogP contribution in [0.15, 0.2) is 72.8 Å². The van der Waals surface area contributed by atoms with Crippen LogP contribution < -0.4 is 9.47 Å². The van der Waals surface area contributed by atoms with Crippen molar-refractivity contribution in [2.45, 2.75) is 63.9 Å². The lowest BCUT2D eigenvalue weighted by Crippen LogP contribution is -2.25. The molecular weight excluding hydrogens is 654 g/mol. The van der Waals surface area contributed by atoms with Gasteiger partial charge in [-0.2, -0.15) is 0 Å². The van der Waals surface area contributed by atoms with Crippen LogP contribution in [-0.2, 0) is 22.3 Å². The summed E-state index contributed by atoms with van der Waals surface area (Å²) in [6.07, 6.45) is 4.74. The third kappa shape index (κ3) is 9.93. The van der Waals surface area contributed by atoms with Gasteiger partial charge in [-0.25, -0.2) is 8.78 Å². The maximum Gasteiger partial charge on any atom is 0.199 e. The van der Waals surface area contributed by atoms with E-state index in [1.807, 2.05) is 0 Å². The summed E-state index contributed by atoms with van der Waals surface area (Å²) in [5, 5.41) is 38.0. The number of phenolic OH excluding ortho intramolecular Hbond substituents is 4. The molecule has 6 rings (SSSR count). The summed E-state index contributed by atoms with van der Waals surface area (Å²) in [7, 11) is 0. The van der Waals surface area contributed by atoms with Gasteiger partial charge in [0.05, 0.1) is 24.3 Å². The molecule has 4 aromatic carbocycles. The summed E-state index contributed by atoms with van der Waals surface area (Å²) in [6, 6.07) is 17.0. The Balaban J connectivity index is 0.000000219. The maximum atomic E-state index is 14.6. The number of carbonyl (C=O) groups is 2. The Hall–Kier alpha value is -5.20. The molecule has 0 aromatic heterocycles. The van der Waals surface area contributed by atoms with Gasteiger partial charge in [0.2, 0.25) is 0 Å². The van der Waals surface area contributed by atoms with E-state index in [4.69, 9.17) is 29.2 Å². The Morgan fingerprint density at radius 2 is 1.08 bits per heavy atom. The standard InChI is InChI=1S/C24H27FO6.C14H11FO4/c25-19-14-18(31-23-6-2-4-12-29-23)15-21(27)24(19)20(26)13-16-7-9-17(10-8-16)30-22-5-1-3-11-28-22;15-11-6-10(17)7-13(19)14(11)12(18)5-8-1-3-9(16)4-2-8/h7-10,14-15,22-23,27H,1-6,11-13H2;1-4,6-7,16-17,19H,5H2. The van der Waals surface area contributed by atoms with Crippen molar-refractivity contribution in [3.63, 3.8) is 0 Å². The van der Waals surface area contributed by atoms with E-state index >= 15 is 0 Å². The summed E-state index contributed by atoms with van der Waals surface area (Å²) < 4.78 is 50.5. The quantitative estimate of drug-likeness (QED) is 0.126. The second kappa shape index (κ2) is 17.0. The number of hydrogen-bond donors (Lipinski definition) is 4. The van der Waals surface area contributed by atoms with E-state index in [-0.39, 0.29) is 36.2 Å². The average Bonchev–Trinajstić information content (AvgIpc) is 3.07. The second-order valence-corrected chi connectivity index (χ2v) is 12.0. The minimum absolute atomic E-state index is 0.0450. The van der Waals surface area contributed by atoms with Crippen LogP contribution in [0.5, 0.6) is 34.5 Å². The molecular formula is C38H38F2O10. The monoisotopic (exact) mass is 692 g/mol. The Labute approximate surface area is 287 Å². The van der Waals surface area contributed by atoms with E-state index in [0.29, 0.717) is 36.5 Å². The number of ketones is 2. The number of hydrogen-bond acceptors (Lipinski definition) is 10. The molecule has 264 valence electrons. The Morgan fingerprint density at radius 1 is 0.600 bits per heavy atom. The lowest BCUT2D eigenvalue weighted by atomic mass is 10.0. The SMILES string of the molecule is O=C(Cc1ccc(O)cc1)c1c(O)cc(O)cc1F.O=C(Cc1ccc(OC2CCCCO2)cc1)c1c(O)cc(OC2CCCCO2)cc1F. The largest absolute Gasteiger partial charge is 0.508 e. The second-order valence-electron chi connectivity index (χ2n) is 12.0. The third-order valence-electron chi connectivity index (χ3n) is 8.05. The number of carbonyl (C=O) groups excluding carboxylic acids is 2. The molecule has 2 heterocycles.